The molecule has 3 aliphatic carbocycles. The molecule has 0 saturated heterocycles. The van der Waals surface area contributed by atoms with Crippen LogP contribution < -0.4 is 0 Å². The SMILES string of the molecule is C=CC1=C(C=C)C2(C3=C1C=CC=CC3)c1ccccc1-c1cc3c4cc(-c5ccc6c(c5)c5ccccc5n6-c5cccc(/C(C=C)=C/C=C\C)c5)ccc4n(-c4ccc(-c5cccc6c5oc5ccccc56)cc4)c3cc12. The molecule has 12 aromatic rings. The van der Waals surface area contributed by atoms with Crippen LogP contribution in [0.5, 0.6) is 0 Å². The number of rotatable bonds is 9. The Morgan fingerprint density at radius 3 is 2.00 bits per heavy atom. The van der Waals surface area contributed by atoms with Crippen LogP contribution in [0.15, 0.2) is 295 Å². The maximum atomic E-state index is 6.55. The van der Waals surface area contributed by atoms with E-state index < -0.39 is 5.41 Å². The van der Waals surface area contributed by atoms with Gasteiger partial charge in [-0.2, -0.15) is 0 Å². The molecule has 0 N–H and O–H groups in total. The minimum Gasteiger partial charge on any atom is -0.455 e. The summed E-state index contributed by atoms with van der Waals surface area (Å²) in [4.78, 5) is 0. The smallest absolute Gasteiger partial charge is 0.143 e. The summed E-state index contributed by atoms with van der Waals surface area (Å²) in [5, 5.41) is 7.07. The Morgan fingerprint density at radius 2 is 1.21 bits per heavy atom. The number of hydrogen-bond acceptors (Lipinski definition) is 1. The molecule has 3 aliphatic rings. The standard InChI is InChI=1S/C75H52N2O/c1-5-9-21-47(6-2)49-22-19-23-53(42-49)77-69-32-17-14-26-58(69)62-43-50(36-40-70(62)77)51-37-41-71-63(44-51)64-45-61-57-25-13-16-31-67(57)75(65(8-4)54(7-3)56-24-11-10-12-30-66(56)75)68(61)46-72(64)76(71)52-38-34-48(35-39-52)55-28-20-29-60-59-27-15-18-33-73(59)78-74(55)60/h5-29,31-46H,2-4,30H2,1H3/b9-5-,47-21+. The second-order valence-corrected chi connectivity index (χ2v) is 20.7. The number of fused-ring (bicyclic) bond motifs is 15. The Morgan fingerprint density at radius 1 is 0.526 bits per heavy atom. The molecule has 1 spiro atoms. The van der Waals surface area contributed by atoms with Gasteiger partial charge in [0, 0.05) is 49.3 Å². The van der Waals surface area contributed by atoms with E-state index in [0.29, 0.717) is 0 Å². The predicted octanol–water partition coefficient (Wildman–Crippen LogP) is 20.0. The van der Waals surface area contributed by atoms with E-state index in [2.05, 4.69) is 253 Å². The first-order chi connectivity index (χ1) is 38.5. The number of benzene rings is 9. The van der Waals surface area contributed by atoms with Gasteiger partial charge in [-0.3, -0.25) is 0 Å². The van der Waals surface area contributed by atoms with Crippen LogP contribution in [0.2, 0.25) is 0 Å². The van der Waals surface area contributed by atoms with Crippen molar-refractivity contribution in [3.8, 4) is 44.8 Å². The molecule has 0 amide bonds. The third-order valence-corrected chi connectivity index (χ3v) is 16.9. The molecule has 0 radical (unpaired) electrons. The van der Waals surface area contributed by atoms with Gasteiger partial charge in [0.05, 0.1) is 27.5 Å². The van der Waals surface area contributed by atoms with Crippen molar-refractivity contribution >= 4 is 71.1 Å². The summed E-state index contributed by atoms with van der Waals surface area (Å²) < 4.78 is 11.4. The van der Waals surface area contributed by atoms with E-state index in [1.807, 2.05) is 31.2 Å². The van der Waals surface area contributed by atoms with Crippen LogP contribution in [-0.2, 0) is 5.41 Å². The molecule has 15 rings (SSSR count). The number of allylic oxidation sites excluding steroid dienone is 15. The second kappa shape index (κ2) is 17.6. The van der Waals surface area contributed by atoms with E-state index in [1.165, 1.54) is 66.0 Å². The molecule has 0 fully saturated rings. The molecular formula is C75H52N2O. The lowest BCUT2D eigenvalue weighted by Crippen LogP contribution is -2.28. The van der Waals surface area contributed by atoms with Crippen molar-refractivity contribution in [1.29, 1.82) is 0 Å². The highest BCUT2D eigenvalue weighted by Gasteiger charge is 2.52. The minimum absolute atomic E-state index is 0.547. The topological polar surface area (TPSA) is 23.0 Å². The monoisotopic (exact) mass is 996 g/mol. The molecule has 0 bridgehead atoms. The molecule has 3 heterocycles. The van der Waals surface area contributed by atoms with E-state index in [1.54, 1.807) is 0 Å². The average molecular weight is 997 g/mol. The zero-order valence-electron chi connectivity index (χ0n) is 43.3. The molecule has 3 heteroatoms. The number of aromatic nitrogens is 2. The van der Waals surface area contributed by atoms with Crippen LogP contribution in [-0.4, -0.2) is 9.13 Å². The van der Waals surface area contributed by atoms with E-state index in [0.717, 1.165) is 95.2 Å². The molecule has 9 aromatic carbocycles. The summed E-state index contributed by atoms with van der Waals surface area (Å²) in [7, 11) is 0. The highest BCUT2D eigenvalue weighted by atomic mass is 16.3. The third-order valence-electron chi connectivity index (χ3n) is 16.9. The normalized spacial score (nSPS) is 16.0. The highest BCUT2D eigenvalue weighted by Crippen LogP contribution is 2.63. The Kier molecular flexibility index (Phi) is 10.2. The molecule has 0 saturated carbocycles. The summed E-state index contributed by atoms with van der Waals surface area (Å²) in [5.41, 5.74) is 24.8. The highest BCUT2D eigenvalue weighted by molar-refractivity contribution is 6.15. The van der Waals surface area contributed by atoms with Gasteiger partial charge in [0.2, 0.25) is 0 Å². The van der Waals surface area contributed by atoms with E-state index in [-0.39, 0.29) is 0 Å². The van der Waals surface area contributed by atoms with Crippen LogP contribution in [0.1, 0.15) is 30.0 Å². The lowest BCUT2D eigenvalue weighted by atomic mass is 9.68. The first-order valence-electron chi connectivity index (χ1n) is 26.9. The fourth-order valence-electron chi connectivity index (χ4n) is 13.6. The fourth-order valence-corrected chi connectivity index (χ4v) is 13.6. The Hall–Kier alpha value is -9.96. The van der Waals surface area contributed by atoms with Crippen LogP contribution in [0.4, 0.5) is 0 Å². The van der Waals surface area contributed by atoms with E-state index in [4.69, 9.17) is 4.42 Å². The molecular weight excluding hydrogens is 945 g/mol. The van der Waals surface area contributed by atoms with Gasteiger partial charge in [0.15, 0.2) is 0 Å². The maximum Gasteiger partial charge on any atom is 0.143 e. The summed E-state index contributed by atoms with van der Waals surface area (Å²) in [6.45, 7) is 15.1. The number of nitrogens with zero attached hydrogens (tertiary/aromatic N) is 2. The second-order valence-electron chi connectivity index (χ2n) is 20.7. The Labute approximate surface area is 453 Å². The quantitative estimate of drug-likeness (QED) is 0.132. The average Bonchev–Trinajstić information content (AvgIpc) is 4.41. The van der Waals surface area contributed by atoms with E-state index in [9.17, 15) is 0 Å². The lowest BCUT2D eigenvalue weighted by Gasteiger charge is -2.33. The van der Waals surface area contributed by atoms with Crippen molar-refractivity contribution in [2.24, 2.45) is 0 Å². The largest absolute Gasteiger partial charge is 0.455 e. The summed E-state index contributed by atoms with van der Waals surface area (Å²) in [6, 6.07) is 69.5. The molecule has 1 unspecified atom stereocenters. The molecule has 3 nitrogen and oxygen atoms in total. The molecule has 1 atom stereocenters. The maximum absolute atomic E-state index is 6.55. The molecule has 0 aliphatic heterocycles. The Balaban J connectivity index is 0.949. The number of furan rings is 1. The zero-order chi connectivity index (χ0) is 52.2. The van der Waals surface area contributed by atoms with Gasteiger partial charge >= 0.3 is 0 Å². The number of hydrogen-bond donors (Lipinski definition) is 0. The van der Waals surface area contributed by atoms with Crippen LogP contribution in [0, 0.1) is 0 Å². The van der Waals surface area contributed by atoms with Crippen LogP contribution >= 0.6 is 0 Å². The van der Waals surface area contributed by atoms with Crippen LogP contribution in [0.3, 0.4) is 0 Å². The lowest BCUT2D eigenvalue weighted by molar-refractivity contribution is 0.670. The molecule has 78 heavy (non-hydrogen) atoms. The zero-order valence-corrected chi connectivity index (χ0v) is 43.3. The van der Waals surface area contributed by atoms with Gasteiger partial charge in [-0.25, -0.2) is 0 Å². The van der Waals surface area contributed by atoms with Gasteiger partial charge in [-0.1, -0.05) is 196 Å². The van der Waals surface area contributed by atoms with Crippen molar-refractivity contribution in [2.45, 2.75) is 18.8 Å². The summed E-state index contributed by atoms with van der Waals surface area (Å²) in [5.74, 6) is 0. The molecule has 3 aromatic heterocycles. The third kappa shape index (κ3) is 6.39. The minimum atomic E-state index is -0.547. The van der Waals surface area contributed by atoms with Crippen LogP contribution in [0.25, 0.3) is 116 Å². The van der Waals surface area contributed by atoms with Crippen molar-refractivity contribution in [3.05, 3.63) is 308 Å². The van der Waals surface area contributed by atoms with Gasteiger partial charge < -0.3 is 13.6 Å². The summed E-state index contributed by atoms with van der Waals surface area (Å²) in [6.07, 6.45) is 22.0. The van der Waals surface area contributed by atoms with Crippen molar-refractivity contribution in [3.63, 3.8) is 0 Å². The fraction of sp³-hybridized carbons (Fsp3) is 0.0400. The molecule has 368 valence electrons. The van der Waals surface area contributed by atoms with Crippen molar-refractivity contribution in [1.82, 2.24) is 9.13 Å². The Bertz CT molecular complexity index is 4810. The van der Waals surface area contributed by atoms with E-state index >= 15 is 0 Å². The van der Waals surface area contributed by atoms with Gasteiger partial charge in [0.25, 0.3) is 0 Å². The first kappa shape index (κ1) is 45.4. The predicted molar refractivity (Wildman–Crippen MR) is 330 cm³/mol. The number of para-hydroxylation sites is 3. The first-order valence-corrected chi connectivity index (χ1v) is 26.9. The van der Waals surface area contributed by atoms with Crippen molar-refractivity contribution in [2.75, 3.05) is 0 Å². The summed E-state index contributed by atoms with van der Waals surface area (Å²) >= 11 is 0. The van der Waals surface area contributed by atoms with Gasteiger partial charge in [0.1, 0.15) is 11.2 Å². The van der Waals surface area contributed by atoms with Crippen molar-refractivity contribution < 1.29 is 4.42 Å². The van der Waals surface area contributed by atoms with Gasteiger partial charge in [-0.05, 0) is 159 Å². The van der Waals surface area contributed by atoms with Gasteiger partial charge in [-0.15, -0.1) is 0 Å².